The molecule has 0 radical (unpaired) electrons. The molecule has 35 heavy (non-hydrogen) atoms. The van der Waals surface area contributed by atoms with E-state index in [1.165, 1.54) is 28.7 Å². The van der Waals surface area contributed by atoms with Gasteiger partial charge in [0.25, 0.3) is 0 Å². The highest BCUT2D eigenvalue weighted by atomic mass is 14.8. The predicted octanol–water partition coefficient (Wildman–Crippen LogP) is 8.77. The average Bonchev–Trinajstić information content (AvgIpc) is 3.39. The van der Waals surface area contributed by atoms with Gasteiger partial charge in [0.05, 0.1) is 11.8 Å². The molecular weight excluding hydrogens is 424 g/mol. The Hall–Kier alpha value is -3.65. The van der Waals surface area contributed by atoms with Crippen molar-refractivity contribution < 1.29 is 0 Å². The minimum Gasteiger partial charge on any atom is -0.398 e. The van der Waals surface area contributed by atoms with Gasteiger partial charge in [-0.25, -0.2) is 0 Å². The lowest BCUT2D eigenvalue weighted by Crippen LogP contribution is -1.97. The number of aryl methyl sites for hydroxylation is 2. The van der Waals surface area contributed by atoms with Crippen LogP contribution in [0.1, 0.15) is 67.5 Å². The molecule has 0 amide bonds. The van der Waals surface area contributed by atoms with Gasteiger partial charge in [-0.1, -0.05) is 124 Å². The number of unbranched alkanes of at least 4 members (excludes halogenated alkanes) is 1. The molecule has 0 saturated heterocycles. The number of aliphatic imine (C=N–C) groups is 1. The number of nitrogens with zero attached hydrogens (tertiary/aromatic N) is 1. The minimum atomic E-state index is 0.168. The highest BCUT2D eigenvalue weighted by molar-refractivity contribution is 6.10. The van der Waals surface area contributed by atoms with E-state index in [0.717, 1.165) is 23.4 Å². The number of hydrogen-bond acceptors (Lipinski definition) is 2. The molecule has 1 heterocycles. The number of nitrogens with two attached hydrogens (primary N) is 1. The molecule has 182 valence electrons. The molecule has 0 aliphatic carbocycles. The second-order valence-electron chi connectivity index (χ2n) is 8.19. The standard InChI is InChI=1S/C17H15N.C14H19N.C2H6/c1-13-7-5-6-10-15(13)17-12-11-16(18-17)14-8-3-2-4-9-14;1-3-4-5-6-11-14(15)13-10-8-7-9-12(13)2;1-2/h2-12,17H,1H3;5-11H,3-4,15H2,1-2H3;1-2H3/b;6-5-,14-11-;. The molecule has 2 N–H and O–H groups in total. The molecule has 1 aliphatic heterocycles. The van der Waals surface area contributed by atoms with E-state index in [1.54, 1.807) is 0 Å². The Morgan fingerprint density at radius 3 is 2.14 bits per heavy atom. The van der Waals surface area contributed by atoms with Gasteiger partial charge < -0.3 is 5.73 Å². The van der Waals surface area contributed by atoms with E-state index in [-0.39, 0.29) is 6.04 Å². The zero-order valence-corrected chi connectivity index (χ0v) is 21.9. The Morgan fingerprint density at radius 2 is 1.49 bits per heavy atom. The fourth-order valence-electron chi connectivity index (χ4n) is 3.71. The van der Waals surface area contributed by atoms with Crippen molar-refractivity contribution in [2.45, 2.75) is 53.5 Å². The highest BCUT2D eigenvalue weighted by Crippen LogP contribution is 2.27. The van der Waals surface area contributed by atoms with Crippen molar-refractivity contribution in [2.24, 2.45) is 10.7 Å². The van der Waals surface area contributed by atoms with Crippen molar-refractivity contribution >= 4 is 11.4 Å². The lowest BCUT2D eigenvalue weighted by atomic mass is 10.0. The van der Waals surface area contributed by atoms with Crippen LogP contribution in [0.15, 0.2) is 114 Å². The van der Waals surface area contributed by atoms with Crippen molar-refractivity contribution in [2.75, 3.05) is 0 Å². The molecule has 0 spiro atoms. The number of allylic oxidation sites excluding steroid dienone is 4. The van der Waals surface area contributed by atoms with Gasteiger partial charge in [0.1, 0.15) is 0 Å². The van der Waals surface area contributed by atoms with Crippen molar-refractivity contribution in [3.63, 3.8) is 0 Å². The van der Waals surface area contributed by atoms with E-state index in [2.05, 4.69) is 87.5 Å². The van der Waals surface area contributed by atoms with Crippen molar-refractivity contribution in [3.8, 4) is 0 Å². The van der Waals surface area contributed by atoms with Crippen LogP contribution in [-0.4, -0.2) is 5.71 Å². The second-order valence-corrected chi connectivity index (χ2v) is 8.19. The molecule has 0 saturated carbocycles. The summed E-state index contributed by atoms with van der Waals surface area (Å²) < 4.78 is 0. The van der Waals surface area contributed by atoms with Gasteiger partial charge in [-0.15, -0.1) is 0 Å². The van der Waals surface area contributed by atoms with E-state index in [4.69, 9.17) is 10.7 Å². The molecule has 1 unspecified atom stereocenters. The summed E-state index contributed by atoms with van der Waals surface area (Å²) in [5.41, 5.74) is 14.0. The predicted molar refractivity (Wildman–Crippen MR) is 155 cm³/mol. The Labute approximate surface area is 212 Å². The van der Waals surface area contributed by atoms with E-state index >= 15 is 0 Å². The van der Waals surface area contributed by atoms with E-state index in [1.807, 2.05) is 56.3 Å². The average molecular weight is 465 g/mol. The maximum atomic E-state index is 5.99. The molecular formula is C33H40N2. The Kier molecular flexibility index (Phi) is 12.1. The van der Waals surface area contributed by atoms with Crippen LogP contribution in [0.5, 0.6) is 0 Å². The summed E-state index contributed by atoms with van der Waals surface area (Å²) in [4.78, 5) is 4.79. The smallest absolute Gasteiger partial charge is 0.0944 e. The van der Waals surface area contributed by atoms with Crippen LogP contribution in [0, 0.1) is 13.8 Å². The molecule has 0 bridgehead atoms. The highest BCUT2D eigenvalue weighted by Gasteiger charge is 2.15. The molecule has 2 heteroatoms. The lowest BCUT2D eigenvalue weighted by molar-refractivity contribution is 0.919. The number of hydrogen-bond donors (Lipinski definition) is 1. The van der Waals surface area contributed by atoms with Crippen molar-refractivity contribution in [1.29, 1.82) is 0 Å². The molecule has 3 aromatic rings. The number of rotatable bonds is 6. The summed E-state index contributed by atoms with van der Waals surface area (Å²) in [6.07, 6.45) is 12.7. The quantitative estimate of drug-likeness (QED) is 0.364. The van der Waals surface area contributed by atoms with Crippen LogP contribution in [0.4, 0.5) is 0 Å². The molecule has 1 atom stereocenters. The molecule has 4 rings (SSSR count). The summed E-state index contributed by atoms with van der Waals surface area (Å²) in [6.45, 7) is 10.4. The third kappa shape index (κ3) is 8.57. The molecule has 1 aliphatic rings. The maximum Gasteiger partial charge on any atom is 0.0944 e. The van der Waals surface area contributed by atoms with Gasteiger partial charge in [-0.2, -0.15) is 0 Å². The summed E-state index contributed by atoms with van der Waals surface area (Å²) in [7, 11) is 0. The van der Waals surface area contributed by atoms with Crippen LogP contribution in [-0.2, 0) is 0 Å². The lowest BCUT2D eigenvalue weighted by Gasteiger charge is -2.08. The third-order valence-corrected chi connectivity index (χ3v) is 5.61. The van der Waals surface area contributed by atoms with Crippen LogP contribution in [0.25, 0.3) is 5.70 Å². The largest absolute Gasteiger partial charge is 0.398 e. The summed E-state index contributed by atoms with van der Waals surface area (Å²) in [6, 6.07) is 27.1. The first-order chi connectivity index (χ1) is 17.1. The van der Waals surface area contributed by atoms with E-state index in [9.17, 15) is 0 Å². The first kappa shape index (κ1) is 27.6. The normalized spacial score (nSPS) is 14.6. The topological polar surface area (TPSA) is 38.4 Å². The first-order valence-electron chi connectivity index (χ1n) is 12.7. The summed E-state index contributed by atoms with van der Waals surface area (Å²) >= 11 is 0. The van der Waals surface area contributed by atoms with Crippen LogP contribution >= 0.6 is 0 Å². The second kappa shape index (κ2) is 15.3. The van der Waals surface area contributed by atoms with E-state index in [0.29, 0.717) is 0 Å². The Bertz CT molecular complexity index is 1150. The fourth-order valence-corrected chi connectivity index (χ4v) is 3.71. The van der Waals surface area contributed by atoms with Crippen LogP contribution in [0.3, 0.4) is 0 Å². The molecule has 2 nitrogen and oxygen atoms in total. The Balaban J connectivity index is 0.000000235. The van der Waals surface area contributed by atoms with Gasteiger partial charge in [-0.3, -0.25) is 4.99 Å². The SMILES string of the molecule is CC.CCC/C=C\C=C(/N)c1ccccc1C.Cc1ccccc1C1C=CC(c2ccccc2)=N1. The third-order valence-electron chi connectivity index (χ3n) is 5.61. The van der Waals surface area contributed by atoms with Crippen LogP contribution in [0.2, 0.25) is 0 Å². The van der Waals surface area contributed by atoms with Crippen LogP contribution < -0.4 is 5.73 Å². The zero-order valence-electron chi connectivity index (χ0n) is 21.9. The monoisotopic (exact) mass is 464 g/mol. The van der Waals surface area contributed by atoms with Gasteiger partial charge in [0.15, 0.2) is 0 Å². The Morgan fingerprint density at radius 1 is 0.857 bits per heavy atom. The molecule has 3 aromatic carbocycles. The summed E-state index contributed by atoms with van der Waals surface area (Å²) in [5.74, 6) is 0. The fraction of sp³-hybridized carbons (Fsp3) is 0.242. The number of benzene rings is 3. The molecule has 0 fully saturated rings. The van der Waals surface area contributed by atoms with Gasteiger partial charge >= 0.3 is 0 Å². The van der Waals surface area contributed by atoms with Gasteiger partial charge in [0.2, 0.25) is 0 Å². The van der Waals surface area contributed by atoms with E-state index < -0.39 is 0 Å². The van der Waals surface area contributed by atoms with Gasteiger partial charge in [0, 0.05) is 11.3 Å². The van der Waals surface area contributed by atoms with Crippen molar-refractivity contribution in [1.82, 2.24) is 0 Å². The zero-order chi connectivity index (χ0) is 25.5. The molecule has 0 aromatic heterocycles. The minimum absolute atomic E-state index is 0.168. The van der Waals surface area contributed by atoms with Gasteiger partial charge in [-0.05, 0) is 54.7 Å². The van der Waals surface area contributed by atoms with Crippen molar-refractivity contribution in [3.05, 3.63) is 137 Å². The maximum absolute atomic E-state index is 5.99. The summed E-state index contributed by atoms with van der Waals surface area (Å²) in [5, 5.41) is 0. The first-order valence-corrected chi connectivity index (χ1v) is 12.7.